The molecule has 0 spiro atoms. The summed E-state index contributed by atoms with van der Waals surface area (Å²) in [5.74, 6) is 1.14. The summed E-state index contributed by atoms with van der Waals surface area (Å²) in [6.07, 6.45) is 5.47. The van der Waals surface area contributed by atoms with Crippen LogP contribution >= 0.6 is 0 Å². The first-order valence-electron chi connectivity index (χ1n) is 9.74. The molecule has 4 rings (SSSR count). The molecule has 4 aromatic rings. The molecule has 0 bridgehead atoms. The average molecular weight is 388 g/mol. The maximum absolute atomic E-state index is 5.75. The topological polar surface area (TPSA) is 72.9 Å². The average Bonchev–Trinajstić information content (AvgIpc) is 3.10. The van der Waals surface area contributed by atoms with Crippen molar-refractivity contribution >= 4 is 10.9 Å². The van der Waals surface area contributed by atoms with Gasteiger partial charge in [-0.1, -0.05) is 12.1 Å². The smallest absolute Gasteiger partial charge is 0.233 e. The van der Waals surface area contributed by atoms with Gasteiger partial charge in [-0.3, -0.25) is 4.98 Å². The fourth-order valence-electron chi connectivity index (χ4n) is 3.15. The molecule has 0 radical (unpaired) electrons. The largest absolute Gasteiger partial charge is 0.475 e. The molecule has 0 saturated carbocycles. The first-order valence-corrected chi connectivity index (χ1v) is 9.74. The van der Waals surface area contributed by atoms with Crippen molar-refractivity contribution in [3.8, 4) is 34.3 Å². The van der Waals surface area contributed by atoms with Crippen LogP contribution in [0, 0.1) is 0 Å². The minimum absolute atomic E-state index is 0.0460. The lowest BCUT2D eigenvalue weighted by Gasteiger charge is -2.10. The predicted octanol–water partition coefficient (Wildman–Crippen LogP) is 5.26. The summed E-state index contributed by atoms with van der Waals surface area (Å²) in [7, 11) is 0. The number of fused-ring (bicyclic) bond motifs is 1. The van der Waals surface area contributed by atoms with Gasteiger partial charge in [0, 0.05) is 34.3 Å². The summed E-state index contributed by atoms with van der Waals surface area (Å²) in [5.41, 5.74) is 4.63. The number of aromatic nitrogens is 4. The Hall–Kier alpha value is -3.41. The van der Waals surface area contributed by atoms with Gasteiger partial charge in [-0.2, -0.15) is 0 Å². The lowest BCUT2D eigenvalue weighted by Crippen LogP contribution is -2.07. The van der Waals surface area contributed by atoms with Crippen LogP contribution in [0.5, 0.6) is 11.8 Å². The Balaban J connectivity index is 1.74. The SMILES string of the molecule is CC(C)Oc1cncc(-c2ccc3[nH]cc(-c4cccc(OC(C)C)n4)c3c2)n1. The molecule has 3 aromatic heterocycles. The molecule has 29 heavy (non-hydrogen) atoms. The monoisotopic (exact) mass is 388 g/mol. The Morgan fingerprint density at radius 3 is 2.38 bits per heavy atom. The van der Waals surface area contributed by atoms with E-state index in [0.29, 0.717) is 11.8 Å². The molecule has 6 nitrogen and oxygen atoms in total. The number of hydrogen-bond donors (Lipinski definition) is 1. The van der Waals surface area contributed by atoms with Gasteiger partial charge >= 0.3 is 0 Å². The fourth-order valence-corrected chi connectivity index (χ4v) is 3.15. The minimum Gasteiger partial charge on any atom is -0.475 e. The fraction of sp³-hybridized carbons (Fsp3) is 0.261. The summed E-state index contributed by atoms with van der Waals surface area (Å²) >= 11 is 0. The van der Waals surface area contributed by atoms with E-state index < -0.39 is 0 Å². The van der Waals surface area contributed by atoms with E-state index in [-0.39, 0.29) is 12.2 Å². The number of pyridine rings is 1. The van der Waals surface area contributed by atoms with Crippen LogP contribution in [0.3, 0.4) is 0 Å². The van der Waals surface area contributed by atoms with E-state index >= 15 is 0 Å². The van der Waals surface area contributed by atoms with Crippen LogP contribution in [0.15, 0.2) is 55.0 Å². The first-order chi connectivity index (χ1) is 14.0. The highest BCUT2D eigenvalue weighted by Crippen LogP contribution is 2.32. The lowest BCUT2D eigenvalue weighted by atomic mass is 10.1. The van der Waals surface area contributed by atoms with E-state index in [4.69, 9.17) is 9.47 Å². The zero-order chi connectivity index (χ0) is 20.4. The van der Waals surface area contributed by atoms with Gasteiger partial charge < -0.3 is 14.5 Å². The number of rotatable bonds is 6. The van der Waals surface area contributed by atoms with Crippen molar-refractivity contribution in [1.82, 2.24) is 19.9 Å². The van der Waals surface area contributed by atoms with Gasteiger partial charge in [0.1, 0.15) is 0 Å². The highest BCUT2D eigenvalue weighted by atomic mass is 16.5. The number of benzene rings is 1. The van der Waals surface area contributed by atoms with Crippen LogP contribution in [0.4, 0.5) is 0 Å². The van der Waals surface area contributed by atoms with E-state index in [9.17, 15) is 0 Å². The zero-order valence-corrected chi connectivity index (χ0v) is 17.0. The Morgan fingerprint density at radius 1 is 0.828 bits per heavy atom. The number of hydrogen-bond acceptors (Lipinski definition) is 5. The third-order valence-electron chi connectivity index (χ3n) is 4.30. The van der Waals surface area contributed by atoms with Gasteiger partial charge in [0.2, 0.25) is 11.8 Å². The van der Waals surface area contributed by atoms with E-state index in [1.807, 2.05) is 64.2 Å². The molecule has 0 atom stereocenters. The highest BCUT2D eigenvalue weighted by molar-refractivity contribution is 5.97. The van der Waals surface area contributed by atoms with Crippen LogP contribution < -0.4 is 9.47 Å². The lowest BCUT2D eigenvalue weighted by molar-refractivity contribution is 0.232. The Labute approximate surface area is 170 Å². The summed E-state index contributed by atoms with van der Waals surface area (Å²) in [4.78, 5) is 16.9. The van der Waals surface area contributed by atoms with Crippen LogP contribution in [0.2, 0.25) is 0 Å². The first kappa shape index (κ1) is 18.9. The van der Waals surface area contributed by atoms with E-state index in [2.05, 4.69) is 26.0 Å². The number of H-pyrrole nitrogens is 1. The summed E-state index contributed by atoms with van der Waals surface area (Å²) < 4.78 is 11.4. The van der Waals surface area contributed by atoms with Crippen LogP contribution in [0.1, 0.15) is 27.7 Å². The molecule has 0 fully saturated rings. The molecule has 3 heterocycles. The Kier molecular flexibility index (Phi) is 5.16. The molecular formula is C23H24N4O2. The molecule has 0 saturated heterocycles. The van der Waals surface area contributed by atoms with Crippen molar-refractivity contribution < 1.29 is 9.47 Å². The molecular weight excluding hydrogens is 364 g/mol. The van der Waals surface area contributed by atoms with Gasteiger partial charge in [0.15, 0.2) is 0 Å². The minimum atomic E-state index is 0.0460. The third kappa shape index (κ3) is 4.21. The summed E-state index contributed by atoms with van der Waals surface area (Å²) in [6.45, 7) is 7.92. The number of nitrogens with zero attached hydrogens (tertiary/aromatic N) is 3. The molecule has 0 aliphatic rings. The quantitative estimate of drug-likeness (QED) is 0.488. The second-order valence-electron chi connectivity index (χ2n) is 7.40. The van der Waals surface area contributed by atoms with Gasteiger partial charge in [0.25, 0.3) is 0 Å². The maximum atomic E-state index is 5.75. The van der Waals surface area contributed by atoms with Crippen molar-refractivity contribution in [2.45, 2.75) is 39.9 Å². The molecule has 148 valence electrons. The van der Waals surface area contributed by atoms with Gasteiger partial charge in [-0.05, 0) is 45.9 Å². The highest BCUT2D eigenvalue weighted by Gasteiger charge is 2.12. The molecule has 0 aliphatic carbocycles. The molecule has 1 N–H and O–H groups in total. The molecule has 0 aliphatic heterocycles. The Bertz CT molecular complexity index is 1130. The van der Waals surface area contributed by atoms with Gasteiger partial charge in [-0.25, -0.2) is 9.97 Å². The van der Waals surface area contributed by atoms with Crippen molar-refractivity contribution in [3.63, 3.8) is 0 Å². The van der Waals surface area contributed by atoms with Crippen molar-refractivity contribution in [2.75, 3.05) is 0 Å². The van der Waals surface area contributed by atoms with Crippen molar-refractivity contribution in [3.05, 3.63) is 55.0 Å². The van der Waals surface area contributed by atoms with Gasteiger partial charge in [-0.15, -0.1) is 0 Å². The molecule has 1 aromatic carbocycles. The van der Waals surface area contributed by atoms with Crippen molar-refractivity contribution in [2.24, 2.45) is 0 Å². The van der Waals surface area contributed by atoms with Crippen LogP contribution in [-0.2, 0) is 0 Å². The second kappa shape index (κ2) is 7.91. The van der Waals surface area contributed by atoms with E-state index in [1.165, 1.54) is 0 Å². The number of ether oxygens (including phenoxy) is 2. The third-order valence-corrected chi connectivity index (χ3v) is 4.30. The van der Waals surface area contributed by atoms with E-state index in [0.717, 1.165) is 33.4 Å². The molecule has 6 heteroatoms. The summed E-state index contributed by atoms with van der Waals surface area (Å²) in [5, 5.41) is 1.06. The molecule has 0 unspecified atom stereocenters. The van der Waals surface area contributed by atoms with E-state index in [1.54, 1.807) is 12.4 Å². The predicted molar refractivity (Wildman–Crippen MR) is 114 cm³/mol. The van der Waals surface area contributed by atoms with Crippen LogP contribution in [0.25, 0.3) is 33.4 Å². The number of aromatic amines is 1. The normalized spacial score (nSPS) is 11.4. The summed E-state index contributed by atoms with van der Waals surface area (Å²) in [6, 6.07) is 12.0. The second-order valence-corrected chi connectivity index (χ2v) is 7.40. The zero-order valence-electron chi connectivity index (χ0n) is 17.0. The maximum Gasteiger partial charge on any atom is 0.233 e. The van der Waals surface area contributed by atoms with Crippen molar-refractivity contribution in [1.29, 1.82) is 0 Å². The number of nitrogens with one attached hydrogen (secondary N) is 1. The Morgan fingerprint density at radius 2 is 1.59 bits per heavy atom. The molecule has 0 amide bonds. The van der Waals surface area contributed by atoms with Gasteiger partial charge in [0.05, 0.1) is 36.0 Å². The van der Waals surface area contributed by atoms with Crippen LogP contribution in [-0.4, -0.2) is 32.1 Å². The standard InChI is InChI=1S/C23H24N4O2/c1-14(2)28-22-7-5-6-20(26-22)18-11-25-19-9-8-16(10-17(18)19)21-12-24-13-23(27-21)29-15(3)4/h5-15,25H,1-4H3.